The van der Waals surface area contributed by atoms with Gasteiger partial charge in [-0.15, -0.1) is 5.10 Å². The molecule has 0 aliphatic carbocycles. The molecule has 0 bridgehead atoms. The standard InChI is InChI=1S/C36H34F4N4O3/c1-2-8-32(45)43-18-16-27(17-19-43)47-31-15-13-26(23-41-31)34(29(22-36(38,39)40)24-9-4-3-5-10-24)25-12-14-30-28(21-25)35(37)42-44(30)33-11-6-7-20-46-33/h3-5,9-10,12-15,21,23,27,33H,6-7,11,16-20,22H2,1H3. The van der Waals surface area contributed by atoms with Gasteiger partial charge in [0.1, 0.15) is 6.10 Å². The molecule has 4 aromatic rings. The number of likely N-dealkylation sites (tertiary alicyclic amines) is 1. The zero-order chi connectivity index (χ0) is 33.0. The SMILES string of the molecule is CC#CC(=O)N1CCC(Oc2ccc(C(=C(CC(F)(F)F)c3ccccc3)c3ccc4c(c3)c(F)nn4C3CCCCO3)cn2)CC1. The number of benzene rings is 2. The van der Waals surface area contributed by atoms with Crippen molar-refractivity contribution in [2.75, 3.05) is 19.7 Å². The Morgan fingerprint density at radius 2 is 1.77 bits per heavy atom. The Morgan fingerprint density at radius 1 is 1.00 bits per heavy atom. The molecule has 2 aliphatic rings. The summed E-state index contributed by atoms with van der Waals surface area (Å²) in [5, 5.41) is 4.30. The smallest absolute Gasteiger partial charge is 0.393 e. The van der Waals surface area contributed by atoms with E-state index in [0.717, 1.165) is 12.8 Å². The number of rotatable bonds is 7. The Labute approximate surface area is 270 Å². The van der Waals surface area contributed by atoms with Gasteiger partial charge in [0.2, 0.25) is 11.8 Å². The van der Waals surface area contributed by atoms with E-state index in [1.165, 1.54) is 10.9 Å². The maximum atomic E-state index is 15.3. The number of carbonyl (C=O) groups is 1. The first-order valence-corrected chi connectivity index (χ1v) is 15.7. The van der Waals surface area contributed by atoms with Crippen LogP contribution >= 0.6 is 0 Å². The van der Waals surface area contributed by atoms with Crippen molar-refractivity contribution in [3.05, 3.63) is 89.5 Å². The summed E-state index contributed by atoms with van der Waals surface area (Å²) < 4.78 is 71.3. The fraction of sp³-hybridized carbons (Fsp3) is 0.361. The second kappa shape index (κ2) is 14.0. The summed E-state index contributed by atoms with van der Waals surface area (Å²) in [4.78, 5) is 18.2. The van der Waals surface area contributed by atoms with Crippen LogP contribution < -0.4 is 4.74 Å². The van der Waals surface area contributed by atoms with E-state index in [2.05, 4.69) is 21.9 Å². The molecule has 6 rings (SSSR count). The number of fused-ring (bicyclic) bond motifs is 1. The Morgan fingerprint density at radius 3 is 2.43 bits per heavy atom. The number of hydrogen-bond acceptors (Lipinski definition) is 5. The van der Waals surface area contributed by atoms with Gasteiger partial charge in [0.25, 0.3) is 5.91 Å². The van der Waals surface area contributed by atoms with Crippen LogP contribution in [0, 0.1) is 17.8 Å². The fourth-order valence-electron chi connectivity index (χ4n) is 6.22. The van der Waals surface area contributed by atoms with Crippen LogP contribution in [0.1, 0.15) is 68.4 Å². The van der Waals surface area contributed by atoms with Crippen molar-refractivity contribution < 1.29 is 31.8 Å². The van der Waals surface area contributed by atoms with Gasteiger partial charge in [-0.1, -0.05) is 42.3 Å². The number of piperidine rings is 1. The number of ether oxygens (including phenoxy) is 2. The Bertz CT molecular complexity index is 1810. The summed E-state index contributed by atoms with van der Waals surface area (Å²) in [7, 11) is 0. The van der Waals surface area contributed by atoms with E-state index in [1.807, 2.05) is 0 Å². The molecular formula is C36H34F4N4O3. The van der Waals surface area contributed by atoms with Gasteiger partial charge >= 0.3 is 6.18 Å². The molecule has 1 atom stereocenters. The second-order valence-corrected chi connectivity index (χ2v) is 11.7. The lowest BCUT2D eigenvalue weighted by molar-refractivity contribution is -0.127. The number of halogens is 4. The fourth-order valence-corrected chi connectivity index (χ4v) is 6.22. The van der Waals surface area contributed by atoms with Gasteiger partial charge in [-0.05, 0) is 72.6 Å². The number of hydrogen-bond donors (Lipinski definition) is 0. The molecule has 1 amide bonds. The molecule has 0 radical (unpaired) electrons. The molecule has 0 spiro atoms. The van der Waals surface area contributed by atoms with Crippen LogP contribution in [0.2, 0.25) is 0 Å². The molecule has 11 heteroatoms. The molecule has 7 nitrogen and oxygen atoms in total. The lowest BCUT2D eigenvalue weighted by Crippen LogP contribution is -2.41. The van der Waals surface area contributed by atoms with E-state index >= 15 is 4.39 Å². The topological polar surface area (TPSA) is 69.5 Å². The average molecular weight is 647 g/mol. The third-order valence-electron chi connectivity index (χ3n) is 8.45. The second-order valence-electron chi connectivity index (χ2n) is 11.7. The van der Waals surface area contributed by atoms with Crippen molar-refractivity contribution in [3.63, 3.8) is 0 Å². The molecule has 2 fully saturated rings. The molecular weight excluding hydrogens is 612 g/mol. The molecule has 0 saturated carbocycles. The number of aromatic nitrogens is 3. The minimum absolute atomic E-state index is 0.0311. The first-order valence-electron chi connectivity index (χ1n) is 15.7. The van der Waals surface area contributed by atoms with Gasteiger partial charge in [0.05, 0.1) is 17.3 Å². The van der Waals surface area contributed by atoms with E-state index in [9.17, 15) is 18.0 Å². The molecule has 2 saturated heterocycles. The van der Waals surface area contributed by atoms with Crippen LogP contribution in [-0.4, -0.2) is 57.5 Å². The summed E-state index contributed by atoms with van der Waals surface area (Å²) >= 11 is 0. The Hall–Kier alpha value is -4.69. The van der Waals surface area contributed by atoms with Crippen molar-refractivity contribution in [2.24, 2.45) is 0 Å². The number of amides is 1. The predicted molar refractivity (Wildman–Crippen MR) is 169 cm³/mol. The van der Waals surface area contributed by atoms with Gasteiger partial charge in [0.15, 0.2) is 6.23 Å². The van der Waals surface area contributed by atoms with Crippen LogP contribution in [0.25, 0.3) is 22.0 Å². The van der Waals surface area contributed by atoms with Crippen molar-refractivity contribution in [1.82, 2.24) is 19.7 Å². The van der Waals surface area contributed by atoms with Crippen molar-refractivity contribution in [3.8, 4) is 17.7 Å². The van der Waals surface area contributed by atoms with Crippen molar-refractivity contribution >= 4 is 28.0 Å². The van der Waals surface area contributed by atoms with E-state index in [1.54, 1.807) is 72.5 Å². The minimum atomic E-state index is -4.52. The molecule has 2 aromatic carbocycles. The third kappa shape index (κ3) is 7.49. The van der Waals surface area contributed by atoms with E-state index < -0.39 is 24.8 Å². The molecule has 244 valence electrons. The van der Waals surface area contributed by atoms with Crippen molar-refractivity contribution in [2.45, 2.75) is 64.0 Å². The molecule has 2 aliphatic heterocycles. The first-order chi connectivity index (χ1) is 22.7. The number of allylic oxidation sites excluding steroid dienone is 1. The largest absolute Gasteiger partial charge is 0.474 e. The molecule has 47 heavy (non-hydrogen) atoms. The highest BCUT2D eigenvalue weighted by molar-refractivity contribution is 6.00. The van der Waals surface area contributed by atoms with E-state index in [4.69, 9.17) is 9.47 Å². The van der Waals surface area contributed by atoms with Gasteiger partial charge in [-0.25, -0.2) is 9.67 Å². The first kappa shape index (κ1) is 32.3. The predicted octanol–water partition coefficient (Wildman–Crippen LogP) is 7.57. The highest BCUT2D eigenvalue weighted by Gasteiger charge is 2.32. The van der Waals surface area contributed by atoms with Gasteiger partial charge in [-0.2, -0.15) is 17.6 Å². The van der Waals surface area contributed by atoms with Gasteiger partial charge in [0, 0.05) is 50.4 Å². The summed E-state index contributed by atoms with van der Waals surface area (Å²) in [5.74, 6) is 4.56. The zero-order valence-corrected chi connectivity index (χ0v) is 25.9. The summed E-state index contributed by atoms with van der Waals surface area (Å²) in [6, 6.07) is 16.6. The maximum Gasteiger partial charge on any atom is 0.393 e. The molecule has 2 aromatic heterocycles. The minimum Gasteiger partial charge on any atom is -0.474 e. The summed E-state index contributed by atoms with van der Waals surface area (Å²) in [5.41, 5.74) is 2.02. The maximum absolute atomic E-state index is 15.3. The average Bonchev–Trinajstić information content (AvgIpc) is 3.41. The van der Waals surface area contributed by atoms with Crippen LogP contribution in [0.15, 0.2) is 66.9 Å². The van der Waals surface area contributed by atoms with E-state index in [0.29, 0.717) is 67.0 Å². The molecule has 4 heterocycles. The number of pyridine rings is 1. The number of alkyl halides is 3. The lowest BCUT2D eigenvalue weighted by Gasteiger charge is -2.30. The van der Waals surface area contributed by atoms with Gasteiger partial charge in [-0.3, -0.25) is 4.79 Å². The molecule has 1 unspecified atom stereocenters. The lowest BCUT2D eigenvalue weighted by atomic mass is 9.88. The third-order valence-corrected chi connectivity index (χ3v) is 8.45. The Balaban J connectivity index is 1.37. The number of nitrogens with zero attached hydrogens (tertiary/aromatic N) is 4. The zero-order valence-electron chi connectivity index (χ0n) is 25.9. The van der Waals surface area contributed by atoms with Crippen LogP contribution in [0.3, 0.4) is 0 Å². The highest BCUT2D eigenvalue weighted by atomic mass is 19.4. The van der Waals surface area contributed by atoms with Crippen LogP contribution in [-0.2, 0) is 9.53 Å². The monoisotopic (exact) mass is 646 g/mol. The Kier molecular flexibility index (Phi) is 9.59. The quantitative estimate of drug-likeness (QED) is 0.118. The number of carbonyl (C=O) groups excluding carboxylic acids is 1. The van der Waals surface area contributed by atoms with Crippen molar-refractivity contribution in [1.29, 1.82) is 0 Å². The highest BCUT2D eigenvalue weighted by Crippen LogP contribution is 2.40. The normalized spacial score (nSPS) is 18.0. The van der Waals surface area contributed by atoms with Crippen LogP contribution in [0.4, 0.5) is 17.6 Å². The summed E-state index contributed by atoms with van der Waals surface area (Å²) in [6.07, 6.45) is -1.10. The van der Waals surface area contributed by atoms with E-state index in [-0.39, 0.29) is 28.5 Å². The summed E-state index contributed by atoms with van der Waals surface area (Å²) in [6.45, 7) is 3.18. The van der Waals surface area contributed by atoms with Crippen LogP contribution in [0.5, 0.6) is 5.88 Å². The molecule has 0 N–H and O–H groups in total. The van der Waals surface area contributed by atoms with Gasteiger partial charge < -0.3 is 14.4 Å².